The molecular formula is C18H31N7. The number of nitrogens with one attached hydrogen (secondary N) is 2. The maximum atomic E-state index is 5.98. The van der Waals surface area contributed by atoms with Crippen LogP contribution in [0.3, 0.4) is 0 Å². The Labute approximate surface area is 149 Å². The summed E-state index contributed by atoms with van der Waals surface area (Å²) in [6.45, 7) is 0.925. The molecule has 138 valence electrons. The number of nitrogens with zero attached hydrogens (tertiary/aromatic N) is 3. The van der Waals surface area contributed by atoms with E-state index in [9.17, 15) is 0 Å². The van der Waals surface area contributed by atoms with Crippen LogP contribution in [0.1, 0.15) is 56.6 Å². The normalized spacial score (nSPS) is 34.9. The molecule has 7 heteroatoms. The summed E-state index contributed by atoms with van der Waals surface area (Å²) in [6, 6.07) is 3.47. The fourth-order valence-electron chi connectivity index (χ4n) is 4.67. The van der Waals surface area contributed by atoms with Crippen molar-refractivity contribution in [3.05, 3.63) is 11.8 Å². The zero-order valence-corrected chi connectivity index (χ0v) is 15.1. The highest BCUT2D eigenvalue weighted by Gasteiger charge is 2.37. The lowest BCUT2D eigenvalue weighted by atomic mass is 9.78. The first kappa shape index (κ1) is 17.0. The molecule has 7 nitrogen and oxygen atoms in total. The maximum Gasteiger partial charge on any atom is 0.222 e. The van der Waals surface area contributed by atoms with Gasteiger partial charge in [0.1, 0.15) is 5.82 Å². The van der Waals surface area contributed by atoms with Gasteiger partial charge in [0, 0.05) is 43.7 Å². The van der Waals surface area contributed by atoms with E-state index in [4.69, 9.17) is 11.5 Å². The van der Waals surface area contributed by atoms with Crippen LogP contribution in [-0.4, -0.2) is 41.7 Å². The van der Waals surface area contributed by atoms with Crippen LogP contribution in [0, 0.1) is 5.92 Å². The van der Waals surface area contributed by atoms with Crippen LogP contribution < -0.4 is 27.2 Å². The monoisotopic (exact) mass is 345 g/mol. The Balaban J connectivity index is 1.44. The number of likely N-dealkylation sites (N-methyl/N-ethyl adjacent to an activating group) is 1. The van der Waals surface area contributed by atoms with Gasteiger partial charge in [-0.3, -0.25) is 10.9 Å². The van der Waals surface area contributed by atoms with E-state index in [0.29, 0.717) is 35.9 Å². The lowest BCUT2D eigenvalue weighted by Crippen LogP contribution is -2.41. The van der Waals surface area contributed by atoms with Crippen LogP contribution >= 0.6 is 0 Å². The molecule has 0 bridgehead atoms. The van der Waals surface area contributed by atoms with Gasteiger partial charge in [-0.05, 0) is 31.6 Å². The zero-order chi connectivity index (χ0) is 17.4. The number of hydrogen-bond acceptors (Lipinski definition) is 7. The molecule has 0 aromatic carbocycles. The fourth-order valence-corrected chi connectivity index (χ4v) is 4.67. The predicted molar refractivity (Wildman–Crippen MR) is 100 cm³/mol. The number of fused-ring (bicyclic) bond motifs is 1. The number of aromatic nitrogens is 2. The van der Waals surface area contributed by atoms with Gasteiger partial charge in [-0.1, -0.05) is 19.3 Å². The van der Waals surface area contributed by atoms with Crippen LogP contribution in [0.15, 0.2) is 6.07 Å². The van der Waals surface area contributed by atoms with E-state index in [0.717, 1.165) is 30.9 Å². The Morgan fingerprint density at radius 2 is 1.96 bits per heavy atom. The molecule has 1 aliphatic heterocycles. The van der Waals surface area contributed by atoms with E-state index >= 15 is 0 Å². The highest BCUT2D eigenvalue weighted by molar-refractivity contribution is 5.44. The average Bonchev–Trinajstić information content (AvgIpc) is 2.78. The molecule has 6 N–H and O–H groups in total. The first-order chi connectivity index (χ1) is 12.1. The van der Waals surface area contributed by atoms with Gasteiger partial charge in [0.2, 0.25) is 5.95 Å². The van der Waals surface area contributed by atoms with Crippen molar-refractivity contribution in [2.45, 2.75) is 69.0 Å². The van der Waals surface area contributed by atoms with Gasteiger partial charge in [0.15, 0.2) is 0 Å². The minimum absolute atomic E-state index is 0.309. The Bertz CT molecular complexity index is 601. The van der Waals surface area contributed by atoms with Crippen molar-refractivity contribution in [2.24, 2.45) is 11.7 Å². The molecular weight excluding hydrogens is 314 g/mol. The average molecular weight is 345 g/mol. The van der Waals surface area contributed by atoms with Crippen LogP contribution in [0.4, 0.5) is 11.8 Å². The minimum atomic E-state index is 0.309. The first-order valence-electron chi connectivity index (χ1n) is 9.72. The molecule has 3 atom stereocenters. The second-order valence-electron chi connectivity index (χ2n) is 8.12. The van der Waals surface area contributed by atoms with Crippen molar-refractivity contribution in [1.82, 2.24) is 20.8 Å². The molecule has 4 rings (SSSR count). The summed E-state index contributed by atoms with van der Waals surface area (Å²) in [4.78, 5) is 11.1. The van der Waals surface area contributed by atoms with Crippen molar-refractivity contribution in [1.29, 1.82) is 0 Å². The maximum absolute atomic E-state index is 5.98. The SMILES string of the molecule is CN(CC1NNC2CCCCCC21)c1cc(C2CC(N)C2)nc(N)n1. The van der Waals surface area contributed by atoms with Gasteiger partial charge in [0.25, 0.3) is 0 Å². The molecule has 25 heavy (non-hydrogen) atoms. The quantitative estimate of drug-likeness (QED) is 0.648. The van der Waals surface area contributed by atoms with Crippen LogP contribution in [0.5, 0.6) is 0 Å². The lowest BCUT2D eigenvalue weighted by molar-refractivity contribution is 0.345. The standard InChI is InChI=1S/C18H31N7/c1-25(10-16-13-5-3-2-4-6-14(13)23-24-16)17-9-15(21-18(20)22-17)11-7-12(19)8-11/h9,11-14,16,23-24H,2-8,10,19H2,1H3,(H2,20,21,22). The summed E-state index contributed by atoms with van der Waals surface area (Å²) in [5.41, 5.74) is 20.0. The third-order valence-corrected chi connectivity index (χ3v) is 6.24. The molecule has 3 aliphatic rings. The topological polar surface area (TPSA) is 105 Å². The molecule has 3 fully saturated rings. The third kappa shape index (κ3) is 3.59. The smallest absolute Gasteiger partial charge is 0.222 e. The van der Waals surface area contributed by atoms with Crippen molar-refractivity contribution in [3.63, 3.8) is 0 Å². The van der Waals surface area contributed by atoms with Gasteiger partial charge in [-0.2, -0.15) is 4.98 Å². The highest BCUT2D eigenvalue weighted by atomic mass is 15.4. The molecule has 3 unspecified atom stereocenters. The van der Waals surface area contributed by atoms with Gasteiger partial charge in [-0.15, -0.1) is 0 Å². The molecule has 0 radical (unpaired) electrons. The Hall–Kier alpha value is -1.44. The molecule has 2 aliphatic carbocycles. The van der Waals surface area contributed by atoms with Crippen LogP contribution in [-0.2, 0) is 0 Å². The van der Waals surface area contributed by atoms with E-state index in [-0.39, 0.29) is 0 Å². The van der Waals surface area contributed by atoms with E-state index in [1.807, 2.05) is 0 Å². The van der Waals surface area contributed by atoms with Crippen molar-refractivity contribution in [3.8, 4) is 0 Å². The summed E-state index contributed by atoms with van der Waals surface area (Å²) in [5, 5.41) is 0. The summed E-state index contributed by atoms with van der Waals surface area (Å²) < 4.78 is 0. The summed E-state index contributed by atoms with van der Waals surface area (Å²) >= 11 is 0. The van der Waals surface area contributed by atoms with Gasteiger partial charge in [0.05, 0.1) is 5.69 Å². The van der Waals surface area contributed by atoms with Crippen molar-refractivity contribution in [2.75, 3.05) is 24.2 Å². The number of rotatable bonds is 4. The van der Waals surface area contributed by atoms with Crippen molar-refractivity contribution >= 4 is 11.8 Å². The number of nitrogen functional groups attached to an aromatic ring is 1. The molecule has 0 spiro atoms. The highest BCUT2D eigenvalue weighted by Crippen LogP contribution is 2.36. The zero-order valence-electron chi connectivity index (χ0n) is 15.1. The van der Waals surface area contributed by atoms with Gasteiger partial charge in [-0.25, -0.2) is 4.98 Å². The van der Waals surface area contributed by atoms with Gasteiger partial charge >= 0.3 is 0 Å². The Kier molecular flexibility index (Phi) is 4.80. The lowest BCUT2D eigenvalue weighted by Gasteiger charge is -2.32. The van der Waals surface area contributed by atoms with E-state index in [1.165, 1.54) is 32.1 Å². The predicted octanol–water partition coefficient (Wildman–Crippen LogP) is 1.13. The molecule has 1 aromatic heterocycles. The largest absolute Gasteiger partial charge is 0.368 e. The number of hydrazine groups is 1. The van der Waals surface area contributed by atoms with Crippen LogP contribution in [0.25, 0.3) is 0 Å². The molecule has 1 saturated heterocycles. The number of hydrogen-bond donors (Lipinski definition) is 4. The fraction of sp³-hybridized carbons (Fsp3) is 0.778. The van der Waals surface area contributed by atoms with E-state index in [2.05, 4.69) is 38.8 Å². The van der Waals surface area contributed by atoms with Crippen LogP contribution in [0.2, 0.25) is 0 Å². The number of nitrogens with two attached hydrogens (primary N) is 2. The molecule has 2 heterocycles. The third-order valence-electron chi connectivity index (χ3n) is 6.24. The summed E-state index contributed by atoms with van der Waals surface area (Å²) in [5.74, 6) is 2.42. The first-order valence-corrected chi connectivity index (χ1v) is 9.72. The summed E-state index contributed by atoms with van der Waals surface area (Å²) in [7, 11) is 2.10. The molecule has 1 aromatic rings. The van der Waals surface area contributed by atoms with Gasteiger partial charge < -0.3 is 16.4 Å². The minimum Gasteiger partial charge on any atom is -0.368 e. The Morgan fingerprint density at radius 1 is 1.16 bits per heavy atom. The summed E-state index contributed by atoms with van der Waals surface area (Å²) in [6.07, 6.45) is 8.64. The van der Waals surface area contributed by atoms with E-state index in [1.54, 1.807) is 0 Å². The second kappa shape index (κ2) is 7.05. The van der Waals surface area contributed by atoms with E-state index < -0.39 is 0 Å². The Morgan fingerprint density at radius 3 is 2.76 bits per heavy atom. The van der Waals surface area contributed by atoms with Crippen molar-refractivity contribution < 1.29 is 0 Å². The number of anilines is 2. The molecule has 0 amide bonds. The second-order valence-corrected chi connectivity index (χ2v) is 8.12. The molecule has 2 saturated carbocycles.